The molecule has 0 bridgehead atoms. The Morgan fingerprint density at radius 2 is 1.81 bits per heavy atom. The van der Waals surface area contributed by atoms with E-state index in [1.807, 2.05) is 18.2 Å². The molecule has 2 aromatic carbocycles. The van der Waals surface area contributed by atoms with Crippen LogP contribution in [0.1, 0.15) is 31.2 Å². The van der Waals surface area contributed by atoms with Crippen LogP contribution in [0.4, 0.5) is 16.2 Å². The Bertz CT molecular complexity index is 1150. The van der Waals surface area contributed by atoms with E-state index in [2.05, 4.69) is 16.3 Å². The number of rotatable bonds is 1. The molecule has 4 aliphatic rings. The molecule has 32 heavy (non-hydrogen) atoms. The summed E-state index contributed by atoms with van der Waals surface area (Å²) in [5.41, 5.74) is 1.03. The fourth-order valence-corrected chi connectivity index (χ4v) is 5.63. The van der Waals surface area contributed by atoms with Gasteiger partial charge in [-0.25, -0.2) is 9.69 Å². The molecule has 8 heteroatoms. The zero-order chi connectivity index (χ0) is 21.9. The number of fused-ring (bicyclic) bond motifs is 5. The third-order valence-corrected chi connectivity index (χ3v) is 7.12. The minimum atomic E-state index is -1.37. The lowest BCUT2D eigenvalue weighted by atomic mass is 9.67. The molecule has 6 rings (SSSR count). The Labute approximate surface area is 185 Å². The highest BCUT2D eigenvalue weighted by atomic mass is 16.7. The molecular formula is C24H23N3O5. The van der Waals surface area contributed by atoms with E-state index in [0.29, 0.717) is 17.2 Å². The molecule has 0 aliphatic carbocycles. The van der Waals surface area contributed by atoms with E-state index in [9.17, 15) is 14.4 Å². The molecule has 0 saturated carbocycles. The highest BCUT2D eigenvalue weighted by Crippen LogP contribution is 2.48. The number of nitrogens with zero attached hydrogens (tertiary/aromatic N) is 2. The predicted octanol–water partition coefficient (Wildman–Crippen LogP) is 2.99. The second-order valence-electron chi connectivity index (χ2n) is 8.77. The van der Waals surface area contributed by atoms with Crippen molar-refractivity contribution in [3.8, 4) is 11.5 Å². The minimum Gasteiger partial charge on any atom is -0.454 e. The average Bonchev–Trinajstić information content (AvgIpc) is 3.12. The van der Waals surface area contributed by atoms with Gasteiger partial charge in [0, 0.05) is 18.3 Å². The lowest BCUT2D eigenvalue weighted by Crippen LogP contribution is -2.72. The van der Waals surface area contributed by atoms with Crippen LogP contribution < -0.4 is 24.6 Å². The van der Waals surface area contributed by atoms with Crippen LogP contribution in [0.5, 0.6) is 11.5 Å². The van der Waals surface area contributed by atoms with Crippen molar-refractivity contribution in [3.63, 3.8) is 0 Å². The summed E-state index contributed by atoms with van der Waals surface area (Å²) in [5, 5.41) is 2.50. The zero-order valence-electron chi connectivity index (χ0n) is 17.5. The lowest BCUT2D eigenvalue weighted by molar-refractivity contribution is -0.144. The maximum atomic E-state index is 14.1. The van der Waals surface area contributed by atoms with Gasteiger partial charge in [0.1, 0.15) is 0 Å². The molecule has 0 radical (unpaired) electrons. The van der Waals surface area contributed by atoms with Gasteiger partial charge in [0.15, 0.2) is 16.9 Å². The Kier molecular flexibility index (Phi) is 4.18. The second-order valence-corrected chi connectivity index (χ2v) is 8.77. The van der Waals surface area contributed by atoms with E-state index in [4.69, 9.17) is 9.47 Å². The van der Waals surface area contributed by atoms with Crippen molar-refractivity contribution in [1.82, 2.24) is 5.32 Å². The fourth-order valence-electron chi connectivity index (χ4n) is 5.63. The van der Waals surface area contributed by atoms with E-state index in [1.54, 1.807) is 18.2 Å². The van der Waals surface area contributed by atoms with Crippen molar-refractivity contribution in [2.75, 3.05) is 23.1 Å². The normalized spacial score (nSPS) is 26.5. The van der Waals surface area contributed by atoms with Gasteiger partial charge in [-0.1, -0.05) is 31.0 Å². The van der Waals surface area contributed by atoms with E-state index in [0.717, 1.165) is 48.4 Å². The number of hydrogen-bond donors (Lipinski definition) is 1. The van der Waals surface area contributed by atoms with Crippen LogP contribution in [0.15, 0.2) is 42.5 Å². The highest BCUT2D eigenvalue weighted by molar-refractivity contribution is 6.30. The van der Waals surface area contributed by atoms with Crippen molar-refractivity contribution in [2.45, 2.75) is 38.1 Å². The van der Waals surface area contributed by atoms with Crippen LogP contribution in [-0.4, -0.2) is 37.2 Å². The Morgan fingerprint density at radius 3 is 2.72 bits per heavy atom. The molecule has 0 unspecified atom stereocenters. The summed E-state index contributed by atoms with van der Waals surface area (Å²) in [7, 11) is 0. The summed E-state index contributed by atoms with van der Waals surface area (Å²) in [6.07, 6.45) is 3.97. The molecule has 2 aromatic rings. The standard InChI is InChI=1S/C24H23N3O5/c28-21-24(13-15-6-3-4-7-17(15)26-11-5-1-2-8-20(24)26)22(29)27(23(30)25-21)16-9-10-18-19(12-16)32-14-31-18/h3-4,6-7,9-10,12,20H,1-2,5,8,11,13-14H2,(H,25,28,30)/t20-,24-/m1/s1. The first kappa shape index (κ1) is 19.2. The topological polar surface area (TPSA) is 88.2 Å². The van der Waals surface area contributed by atoms with Crippen LogP contribution in [0.3, 0.4) is 0 Å². The smallest absolute Gasteiger partial charge is 0.335 e. The number of carbonyl (C=O) groups is 3. The lowest BCUT2D eigenvalue weighted by Gasteiger charge is -2.51. The number of hydrogen-bond acceptors (Lipinski definition) is 6. The summed E-state index contributed by atoms with van der Waals surface area (Å²) >= 11 is 0. The van der Waals surface area contributed by atoms with Gasteiger partial charge in [0.05, 0.1) is 11.7 Å². The van der Waals surface area contributed by atoms with Crippen LogP contribution in [0.2, 0.25) is 0 Å². The summed E-state index contributed by atoms with van der Waals surface area (Å²) < 4.78 is 10.8. The Balaban J connectivity index is 1.49. The first-order chi connectivity index (χ1) is 15.6. The first-order valence-corrected chi connectivity index (χ1v) is 11.0. The molecule has 4 heterocycles. The largest absolute Gasteiger partial charge is 0.454 e. The van der Waals surface area contributed by atoms with Gasteiger partial charge >= 0.3 is 6.03 Å². The van der Waals surface area contributed by atoms with Crippen molar-refractivity contribution in [3.05, 3.63) is 48.0 Å². The number of carbonyl (C=O) groups excluding carboxylic acids is 3. The zero-order valence-corrected chi connectivity index (χ0v) is 17.5. The number of nitrogens with one attached hydrogen (secondary N) is 1. The van der Waals surface area contributed by atoms with Crippen LogP contribution in [-0.2, 0) is 16.0 Å². The quantitative estimate of drug-likeness (QED) is 0.696. The molecular weight excluding hydrogens is 410 g/mol. The molecule has 1 N–H and O–H groups in total. The maximum absolute atomic E-state index is 14.1. The van der Waals surface area contributed by atoms with E-state index >= 15 is 0 Å². The minimum absolute atomic E-state index is 0.0924. The van der Waals surface area contributed by atoms with Gasteiger partial charge in [0.2, 0.25) is 12.7 Å². The van der Waals surface area contributed by atoms with Crippen molar-refractivity contribution < 1.29 is 23.9 Å². The number of amides is 4. The second kappa shape index (κ2) is 6.98. The molecule has 2 atom stereocenters. The molecule has 164 valence electrons. The van der Waals surface area contributed by atoms with Crippen LogP contribution in [0.25, 0.3) is 0 Å². The summed E-state index contributed by atoms with van der Waals surface area (Å²) in [6, 6.07) is 11.9. The summed E-state index contributed by atoms with van der Waals surface area (Å²) in [6.45, 7) is 0.872. The van der Waals surface area contributed by atoms with E-state index < -0.39 is 23.3 Å². The molecule has 2 saturated heterocycles. The number of benzene rings is 2. The number of imide groups is 2. The van der Waals surface area contributed by atoms with Gasteiger partial charge in [-0.05, 0) is 43.0 Å². The Hall–Kier alpha value is -3.55. The number of ether oxygens (including phenoxy) is 2. The van der Waals surface area contributed by atoms with E-state index in [1.165, 1.54) is 0 Å². The van der Waals surface area contributed by atoms with Gasteiger partial charge < -0.3 is 14.4 Å². The highest BCUT2D eigenvalue weighted by Gasteiger charge is 2.62. The molecule has 2 fully saturated rings. The first-order valence-electron chi connectivity index (χ1n) is 11.0. The monoisotopic (exact) mass is 433 g/mol. The maximum Gasteiger partial charge on any atom is 0.335 e. The third-order valence-electron chi connectivity index (χ3n) is 7.12. The van der Waals surface area contributed by atoms with Gasteiger partial charge in [-0.2, -0.15) is 0 Å². The van der Waals surface area contributed by atoms with Gasteiger partial charge in [0.25, 0.3) is 5.91 Å². The van der Waals surface area contributed by atoms with Crippen LogP contribution >= 0.6 is 0 Å². The fraction of sp³-hybridized carbons (Fsp3) is 0.375. The third kappa shape index (κ3) is 2.58. The predicted molar refractivity (Wildman–Crippen MR) is 116 cm³/mol. The molecule has 4 aliphatic heterocycles. The van der Waals surface area contributed by atoms with Gasteiger partial charge in [-0.3, -0.25) is 14.9 Å². The number of barbiturate groups is 1. The molecule has 1 spiro atoms. The molecule has 0 aromatic heterocycles. The van der Waals surface area contributed by atoms with Crippen molar-refractivity contribution in [1.29, 1.82) is 0 Å². The van der Waals surface area contributed by atoms with Gasteiger partial charge in [-0.15, -0.1) is 0 Å². The van der Waals surface area contributed by atoms with E-state index in [-0.39, 0.29) is 19.3 Å². The molecule has 4 amide bonds. The summed E-state index contributed by atoms with van der Waals surface area (Å²) in [5.74, 6) is 0.0532. The molecule has 8 nitrogen and oxygen atoms in total. The van der Waals surface area contributed by atoms with Crippen molar-refractivity contribution in [2.24, 2.45) is 5.41 Å². The number of anilines is 2. The number of para-hydroxylation sites is 1. The SMILES string of the molecule is O=C1NC(=O)[C@]2(Cc3ccccc3N3CCCCC[C@@H]32)C(=O)N1c1ccc2c(c1)OCO2. The average molecular weight is 433 g/mol. The number of urea groups is 1. The van der Waals surface area contributed by atoms with Crippen LogP contribution in [0, 0.1) is 5.41 Å². The summed E-state index contributed by atoms with van der Waals surface area (Å²) in [4.78, 5) is 43.8. The van der Waals surface area contributed by atoms with Crippen molar-refractivity contribution >= 4 is 29.2 Å². The Morgan fingerprint density at radius 1 is 0.969 bits per heavy atom.